The second-order valence-corrected chi connectivity index (χ2v) is 5.15. The van der Waals surface area contributed by atoms with E-state index in [1.54, 1.807) is 12.3 Å². The molecule has 0 aliphatic rings. The maximum Gasteiger partial charge on any atom is 0.129 e. The number of phenols is 1. The molecule has 1 aromatic heterocycles. The summed E-state index contributed by atoms with van der Waals surface area (Å²) in [5, 5.41) is 17.0. The minimum Gasteiger partial charge on any atom is -0.507 e. The maximum absolute atomic E-state index is 9.41. The summed E-state index contributed by atoms with van der Waals surface area (Å²) in [4.78, 5) is 0. The number of hydrogen-bond donors (Lipinski definition) is 2. The monoisotopic (exact) mass is 309 g/mol. The van der Waals surface area contributed by atoms with E-state index in [-0.39, 0.29) is 5.75 Å². The molecule has 0 fully saturated rings. The van der Waals surface area contributed by atoms with Gasteiger partial charge in [0.05, 0.1) is 11.0 Å². The number of benzene rings is 1. The van der Waals surface area contributed by atoms with Crippen molar-refractivity contribution in [2.45, 2.75) is 26.1 Å². The van der Waals surface area contributed by atoms with E-state index in [4.69, 9.17) is 0 Å². The van der Waals surface area contributed by atoms with Gasteiger partial charge in [-0.15, -0.1) is 0 Å². The molecule has 4 nitrogen and oxygen atoms in total. The zero-order chi connectivity index (χ0) is 13.0. The van der Waals surface area contributed by atoms with Crippen molar-refractivity contribution in [3.8, 4) is 5.75 Å². The van der Waals surface area contributed by atoms with E-state index in [0.29, 0.717) is 6.04 Å². The lowest BCUT2D eigenvalue weighted by molar-refractivity contribution is 0.450. The van der Waals surface area contributed by atoms with Crippen LogP contribution in [-0.2, 0) is 13.1 Å². The predicted octanol–water partition coefficient (Wildman–Crippen LogP) is 2.53. The van der Waals surface area contributed by atoms with Crippen molar-refractivity contribution >= 4 is 15.9 Å². The van der Waals surface area contributed by atoms with Gasteiger partial charge in [-0.2, -0.15) is 5.10 Å². The molecule has 1 unspecified atom stereocenters. The molecule has 0 radical (unpaired) electrons. The summed E-state index contributed by atoms with van der Waals surface area (Å²) in [5.74, 6) is 0.267. The number of aromatic nitrogens is 2. The fraction of sp³-hybridized carbons (Fsp3) is 0.308. The summed E-state index contributed by atoms with van der Waals surface area (Å²) in [5.41, 5.74) is 1.13. The average Bonchev–Trinajstić information content (AvgIpc) is 2.83. The van der Waals surface area contributed by atoms with Crippen LogP contribution < -0.4 is 5.32 Å². The van der Waals surface area contributed by atoms with E-state index in [9.17, 15) is 5.11 Å². The van der Waals surface area contributed by atoms with Crippen LogP contribution in [0.25, 0.3) is 0 Å². The molecule has 0 aliphatic carbocycles. The molecule has 2 rings (SSSR count). The van der Waals surface area contributed by atoms with Crippen LogP contribution in [0.5, 0.6) is 5.75 Å². The number of hydrogen-bond acceptors (Lipinski definition) is 3. The van der Waals surface area contributed by atoms with Gasteiger partial charge in [0.25, 0.3) is 0 Å². The fourth-order valence-corrected chi connectivity index (χ4v) is 2.13. The highest BCUT2D eigenvalue weighted by molar-refractivity contribution is 9.10. The smallest absolute Gasteiger partial charge is 0.129 e. The average molecular weight is 310 g/mol. The summed E-state index contributed by atoms with van der Waals surface area (Å²) in [6.45, 7) is 3.73. The fourth-order valence-electron chi connectivity index (χ4n) is 1.71. The Morgan fingerprint density at radius 3 is 3.00 bits per heavy atom. The Balaban J connectivity index is 1.85. The van der Waals surface area contributed by atoms with Gasteiger partial charge in [-0.3, -0.25) is 4.68 Å². The minimum atomic E-state index is 0.267. The molecule has 2 aromatic rings. The Kier molecular flexibility index (Phi) is 4.38. The molecule has 0 spiro atoms. The third-order valence-corrected chi connectivity index (χ3v) is 3.32. The summed E-state index contributed by atoms with van der Waals surface area (Å²) in [7, 11) is 0. The third-order valence-electron chi connectivity index (χ3n) is 2.69. The summed E-state index contributed by atoms with van der Waals surface area (Å²) < 4.78 is 2.63. The van der Waals surface area contributed by atoms with Crippen molar-refractivity contribution in [3.63, 3.8) is 0 Å². The molecule has 0 aliphatic heterocycles. The molecule has 0 amide bonds. The van der Waals surface area contributed by atoms with Gasteiger partial charge in [0, 0.05) is 25.0 Å². The van der Waals surface area contributed by atoms with Gasteiger partial charge in [0.2, 0.25) is 0 Å². The lowest BCUT2D eigenvalue weighted by Gasteiger charge is -2.14. The Morgan fingerprint density at radius 1 is 1.50 bits per heavy atom. The maximum atomic E-state index is 9.41. The van der Waals surface area contributed by atoms with E-state index >= 15 is 0 Å². The van der Waals surface area contributed by atoms with Crippen molar-refractivity contribution in [2.75, 3.05) is 0 Å². The molecule has 2 N–H and O–H groups in total. The normalized spacial score (nSPS) is 12.6. The van der Waals surface area contributed by atoms with Gasteiger partial charge < -0.3 is 10.4 Å². The van der Waals surface area contributed by atoms with Gasteiger partial charge in [0.15, 0.2) is 0 Å². The third kappa shape index (κ3) is 3.58. The van der Waals surface area contributed by atoms with Crippen molar-refractivity contribution in [1.29, 1.82) is 0 Å². The van der Waals surface area contributed by atoms with Gasteiger partial charge in [-0.05, 0) is 46.6 Å². The Bertz CT molecular complexity index is 499. The Hall–Kier alpha value is -1.33. The predicted molar refractivity (Wildman–Crippen MR) is 74.3 cm³/mol. The lowest BCUT2D eigenvalue weighted by atomic mass is 10.2. The second-order valence-electron chi connectivity index (χ2n) is 4.30. The zero-order valence-corrected chi connectivity index (χ0v) is 11.8. The van der Waals surface area contributed by atoms with E-state index in [2.05, 4.69) is 33.3 Å². The highest BCUT2D eigenvalue weighted by Gasteiger charge is 2.04. The molecular weight excluding hydrogens is 294 g/mol. The van der Waals surface area contributed by atoms with Crippen LogP contribution >= 0.6 is 15.9 Å². The first-order chi connectivity index (χ1) is 8.65. The number of nitrogens with one attached hydrogen (secondary N) is 1. The van der Waals surface area contributed by atoms with Crippen LogP contribution in [0.3, 0.4) is 0 Å². The van der Waals surface area contributed by atoms with Crippen LogP contribution in [0.1, 0.15) is 12.5 Å². The molecule has 0 saturated carbocycles. The number of halogens is 1. The largest absolute Gasteiger partial charge is 0.507 e. The quantitative estimate of drug-likeness (QED) is 0.892. The number of rotatable bonds is 5. The van der Waals surface area contributed by atoms with Gasteiger partial charge in [0.1, 0.15) is 5.75 Å². The van der Waals surface area contributed by atoms with Crippen LogP contribution in [0.2, 0.25) is 0 Å². The first kappa shape index (κ1) is 13.1. The van der Waals surface area contributed by atoms with E-state index < -0.39 is 0 Å². The number of nitrogens with zero attached hydrogens (tertiary/aromatic N) is 2. The van der Waals surface area contributed by atoms with E-state index in [1.807, 2.05) is 29.1 Å². The van der Waals surface area contributed by atoms with Crippen LogP contribution in [0.4, 0.5) is 0 Å². The molecule has 0 saturated heterocycles. The first-order valence-corrected chi connectivity index (χ1v) is 6.62. The second kappa shape index (κ2) is 6.02. The molecule has 1 heterocycles. The highest BCUT2D eigenvalue weighted by Crippen LogP contribution is 2.24. The number of phenolic OH excluding ortho intramolecular Hbond substituents is 1. The molecule has 5 heteroatoms. The Labute approximate surface area is 115 Å². The molecule has 1 atom stereocenters. The van der Waals surface area contributed by atoms with Crippen molar-refractivity contribution in [1.82, 2.24) is 15.1 Å². The van der Waals surface area contributed by atoms with Gasteiger partial charge in [-0.25, -0.2) is 0 Å². The Morgan fingerprint density at radius 2 is 2.33 bits per heavy atom. The SMILES string of the molecule is CC(Cn1cccn1)NCc1ccc(O)c(Br)c1. The zero-order valence-electron chi connectivity index (χ0n) is 10.2. The van der Waals surface area contributed by atoms with Gasteiger partial charge >= 0.3 is 0 Å². The van der Waals surface area contributed by atoms with Crippen LogP contribution in [-0.4, -0.2) is 20.9 Å². The van der Waals surface area contributed by atoms with E-state index in [0.717, 1.165) is 23.1 Å². The summed E-state index contributed by atoms with van der Waals surface area (Å²) >= 11 is 3.31. The standard InChI is InChI=1S/C13H16BrN3O/c1-10(9-17-6-2-5-16-17)15-8-11-3-4-13(18)12(14)7-11/h2-7,10,15,18H,8-9H2,1H3. The molecule has 18 heavy (non-hydrogen) atoms. The van der Waals surface area contributed by atoms with Crippen LogP contribution in [0, 0.1) is 0 Å². The first-order valence-electron chi connectivity index (χ1n) is 5.83. The highest BCUT2D eigenvalue weighted by atomic mass is 79.9. The van der Waals surface area contributed by atoms with Crippen LogP contribution in [0.15, 0.2) is 41.1 Å². The lowest BCUT2D eigenvalue weighted by Crippen LogP contribution is -2.30. The molecule has 96 valence electrons. The molecular formula is C13H16BrN3O. The number of aromatic hydroxyl groups is 1. The summed E-state index contributed by atoms with van der Waals surface area (Å²) in [6.07, 6.45) is 3.74. The topological polar surface area (TPSA) is 50.1 Å². The minimum absolute atomic E-state index is 0.267. The van der Waals surface area contributed by atoms with Crippen molar-refractivity contribution in [2.24, 2.45) is 0 Å². The summed E-state index contributed by atoms with van der Waals surface area (Å²) in [6, 6.07) is 7.78. The van der Waals surface area contributed by atoms with Crippen molar-refractivity contribution < 1.29 is 5.11 Å². The van der Waals surface area contributed by atoms with E-state index in [1.165, 1.54) is 0 Å². The molecule has 0 bridgehead atoms. The van der Waals surface area contributed by atoms with Gasteiger partial charge in [-0.1, -0.05) is 6.07 Å². The molecule has 1 aromatic carbocycles. The van der Waals surface area contributed by atoms with Crippen molar-refractivity contribution in [3.05, 3.63) is 46.7 Å².